The SMILES string of the molecule is CCCC(C)(NC1CCN(C)C1=O)C(=O)O. The van der Waals surface area contributed by atoms with Crippen molar-refractivity contribution < 1.29 is 14.7 Å². The van der Waals surface area contributed by atoms with Crippen LogP contribution in [0.15, 0.2) is 0 Å². The number of carboxylic acids is 1. The Labute approximate surface area is 95.8 Å². The van der Waals surface area contributed by atoms with Crippen molar-refractivity contribution in [3.63, 3.8) is 0 Å². The van der Waals surface area contributed by atoms with Gasteiger partial charge in [-0.15, -0.1) is 0 Å². The maximum atomic E-state index is 11.7. The molecule has 92 valence electrons. The number of hydrogen-bond donors (Lipinski definition) is 2. The van der Waals surface area contributed by atoms with E-state index in [1.54, 1.807) is 18.9 Å². The summed E-state index contributed by atoms with van der Waals surface area (Å²) in [5.74, 6) is -0.903. The van der Waals surface area contributed by atoms with Crippen LogP contribution in [0.1, 0.15) is 33.1 Å². The van der Waals surface area contributed by atoms with Crippen molar-refractivity contribution in [3.8, 4) is 0 Å². The maximum absolute atomic E-state index is 11.7. The molecule has 1 rings (SSSR count). The number of nitrogens with one attached hydrogen (secondary N) is 1. The topological polar surface area (TPSA) is 69.6 Å². The number of carboxylic acid groups (broad SMARTS) is 1. The fourth-order valence-corrected chi connectivity index (χ4v) is 2.08. The van der Waals surface area contributed by atoms with Crippen LogP contribution in [-0.2, 0) is 9.59 Å². The minimum Gasteiger partial charge on any atom is -0.480 e. The zero-order valence-corrected chi connectivity index (χ0v) is 10.1. The average Bonchev–Trinajstić information content (AvgIpc) is 2.50. The molecule has 0 spiro atoms. The molecule has 2 unspecified atom stereocenters. The van der Waals surface area contributed by atoms with Gasteiger partial charge in [0.25, 0.3) is 0 Å². The van der Waals surface area contributed by atoms with Crippen LogP contribution in [0.5, 0.6) is 0 Å². The first-order valence-electron chi connectivity index (χ1n) is 5.67. The number of nitrogens with zero attached hydrogens (tertiary/aromatic N) is 1. The van der Waals surface area contributed by atoms with Crippen molar-refractivity contribution in [2.45, 2.75) is 44.7 Å². The first-order chi connectivity index (χ1) is 7.40. The zero-order valence-electron chi connectivity index (χ0n) is 10.1. The van der Waals surface area contributed by atoms with Gasteiger partial charge in [0.05, 0.1) is 6.04 Å². The standard InChI is InChI=1S/C11H20N2O3/c1-4-6-11(2,10(15)16)12-8-5-7-13(3)9(8)14/h8,12H,4-7H2,1-3H3,(H,15,16). The highest BCUT2D eigenvalue weighted by Gasteiger charge is 2.39. The van der Waals surface area contributed by atoms with Crippen LogP contribution in [0.3, 0.4) is 0 Å². The van der Waals surface area contributed by atoms with Gasteiger partial charge in [0, 0.05) is 13.6 Å². The van der Waals surface area contributed by atoms with Crippen LogP contribution in [0.2, 0.25) is 0 Å². The van der Waals surface area contributed by atoms with Crippen molar-refractivity contribution in [3.05, 3.63) is 0 Å². The van der Waals surface area contributed by atoms with Gasteiger partial charge < -0.3 is 10.0 Å². The second-order valence-electron chi connectivity index (χ2n) is 4.63. The van der Waals surface area contributed by atoms with Crippen molar-refractivity contribution in [2.24, 2.45) is 0 Å². The Bertz CT molecular complexity index is 293. The molecule has 1 fully saturated rings. The molecule has 2 N–H and O–H groups in total. The first-order valence-corrected chi connectivity index (χ1v) is 5.67. The predicted molar refractivity (Wildman–Crippen MR) is 60.1 cm³/mol. The molecule has 1 aliphatic rings. The minimum atomic E-state index is -1.000. The number of hydrogen-bond acceptors (Lipinski definition) is 3. The van der Waals surface area contributed by atoms with E-state index in [0.29, 0.717) is 19.4 Å². The number of rotatable bonds is 5. The Balaban J connectivity index is 2.69. The zero-order chi connectivity index (χ0) is 12.3. The van der Waals surface area contributed by atoms with Gasteiger partial charge in [-0.2, -0.15) is 0 Å². The summed E-state index contributed by atoms with van der Waals surface area (Å²) in [6.07, 6.45) is 1.98. The number of likely N-dealkylation sites (tertiary alicyclic amines) is 1. The van der Waals surface area contributed by atoms with Crippen molar-refractivity contribution >= 4 is 11.9 Å². The Morgan fingerprint density at radius 3 is 2.69 bits per heavy atom. The van der Waals surface area contributed by atoms with Crippen LogP contribution in [-0.4, -0.2) is 47.1 Å². The lowest BCUT2D eigenvalue weighted by Crippen LogP contribution is -2.55. The highest BCUT2D eigenvalue weighted by atomic mass is 16.4. The van der Waals surface area contributed by atoms with Crippen LogP contribution in [0.4, 0.5) is 0 Å². The highest BCUT2D eigenvalue weighted by Crippen LogP contribution is 2.18. The molecule has 5 heteroatoms. The van der Waals surface area contributed by atoms with Gasteiger partial charge >= 0.3 is 5.97 Å². The Hall–Kier alpha value is -1.10. The molecule has 0 aromatic rings. The van der Waals surface area contributed by atoms with Crippen molar-refractivity contribution in [2.75, 3.05) is 13.6 Å². The molecule has 1 amide bonds. The van der Waals surface area contributed by atoms with E-state index in [9.17, 15) is 14.7 Å². The second-order valence-corrected chi connectivity index (χ2v) is 4.63. The summed E-state index contributed by atoms with van der Waals surface area (Å²) in [4.78, 5) is 24.5. The minimum absolute atomic E-state index is 0.0106. The van der Waals surface area contributed by atoms with E-state index < -0.39 is 11.5 Å². The third-order valence-corrected chi connectivity index (χ3v) is 3.14. The van der Waals surface area contributed by atoms with Gasteiger partial charge in [-0.1, -0.05) is 13.3 Å². The number of likely N-dealkylation sites (N-methyl/N-ethyl adjacent to an activating group) is 1. The molecule has 2 atom stereocenters. The van der Waals surface area contributed by atoms with Gasteiger partial charge in [-0.05, 0) is 19.8 Å². The fourth-order valence-electron chi connectivity index (χ4n) is 2.08. The first kappa shape index (κ1) is 13.0. The number of aliphatic carboxylic acids is 1. The monoisotopic (exact) mass is 228 g/mol. The summed E-state index contributed by atoms with van der Waals surface area (Å²) >= 11 is 0. The van der Waals surface area contributed by atoms with Gasteiger partial charge in [0.1, 0.15) is 5.54 Å². The smallest absolute Gasteiger partial charge is 0.323 e. The molecule has 0 aromatic carbocycles. The van der Waals surface area contributed by atoms with E-state index in [4.69, 9.17) is 0 Å². The Morgan fingerprint density at radius 2 is 2.31 bits per heavy atom. The highest BCUT2D eigenvalue weighted by molar-refractivity contribution is 5.85. The molecule has 5 nitrogen and oxygen atoms in total. The van der Waals surface area contributed by atoms with E-state index >= 15 is 0 Å². The molecule has 1 aliphatic heterocycles. The Kier molecular flexibility index (Phi) is 3.91. The van der Waals surface area contributed by atoms with Crippen LogP contribution in [0.25, 0.3) is 0 Å². The lowest BCUT2D eigenvalue weighted by atomic mass is 9.95. The van der Waals surface area contributed by atoms with E-state index in [1.807, 2.05) is 6.92 Å². The Morgan fingerprint density at radius 1 is 1.69 bits per heavy atom. The van der Waals surface area contributed by atoms with Crippen molar-refractivity contribution in [1.82, 2.24) is 10.2 Å². The quantitative estimate of drug-likeness (QED) is 0.717. The van der Waals surface area contributed by atoms with E-state index in [0.717, 1.165) is 6.42 Å². The molecule has 0 aliphatic carbocycles. The normalized spacial score (nSPS) is 24.6. The molecule has 0 bridgehead atoms. The summed E-state index contributed by atoms with van der Waals surface area (Å²) in [6, 6.07) is -0.349. The molecule has 1 saturated heterocycles. The molecular weight excluding hydrogens is 208 g/mol. The summed E-state index contributed by atoms with van der Waals surface area (Å²) < 4.78 is 0. The lowest BCUT2D eigenvalue weighted by Gasteiger charge is -2.28. The lowest BCUT2D eigenvalue weighted by molar-refractivity contribution is -0.145. The summed E-state index contributed by atoms with van der Waals surface area (Å²) in [6.45, 7) is 4.27. The van der Waals surface area contributed by atoms with Gasteiger partial charge in [-0.25, -0.2) is 0 Å². The van der Waals surface area contributed by atoms with Crippen molar-refractivity contribution in [1.29, 1.82) is 0 Å². The van der Waals surface area contributed by atoms with Gasteiger partial charge in [-0.3, -0.25) is 14.9 Å². The average molecular weight is 228 g/mol. The second kappa shape index (κ2) is 4.82. The molecule has 16 heavy (non-hydrogen) atoms. The summed E-state index contributed by atoms with van der Waals surface area (Å²) in [5.41, 5.74) is -1.000. The van der Waals surface area contributed by atoms with E-state index in [2.05, 4.69) is 5.32 Å². The van der Waals surface area contributed by atoms with E-state index in [-0.39, 0.29) is 11.9 Å². The summed E-state index contributed by atoms with van der Waals surface area (Å²) in [5, 5.41) is 12.2. The summed E-state index contributed by atoms with van der Waals surface area (Å²) in [7, 11) is 1.74. The van der Waals surface area contributed by atoms with E-state index in [1.165, 1.54) is 0 Å². The fraction of sp³-hybridized carbons (Fsp3) is 0.818. The molecule has 0 saturated carbocycles. The molecule has 0 radical (unpaired) electrons. The predicted octanol–water partition coefficient (Wildman–Crippen LogP) is 0.450. The largest absolute Gasteiger partial charge is 0.480 e. The maximum Gasteiger partial charge on any atom is 0.323 e. The molecule has 1 heterocycles. The van der Waals surface area contributed by atoms with Crippen LogP contribution in [0, 0.1) is 0 Å². The third-order valence-electron chi connectivity index (χ3n) is 3.14. The number of carbonyl (C=O) groups is 2. The third kappa shape index (κ3) is 2.52. The number of amides is 1. The van der Waals surface area contributed by atoms with Gasteiger partial charge in [0.15, 0.2) is 0 Å². The molecule has 0 aromatic heterocycles. The van der Waals surface area contributed by atoms with Crippen LogP contribution < -0.4 is 5.32 Å². The van der Waals surface area contributed by atoms with Crippen LogP contribution >= 0.6 is 0 Å². The molecular formula is C11H20N2O3. The van der Waals surface area contributed by atoms with Gasteiger partial charge in [0.2, 0.25) is 5.91 Å². The number of carbonyl (C=O) groups excluding carboxylic acids is 1.